The second-order valence-corrected chi connectivity index (χ2v) is 5.09. The minimum atomic E-state index is -0.211. The van der Waals surface area contributed by atoms with Gasteiger partial charge in [-0.3, -0.25) is 4.79 Å². The molecule has 2 heterocycles. The highest BCUT2D eigenvalue weighted by atomic mass is 16.1. The molecule has 0 radical (unpaired) electrons. The highest BCUT2D eigenvalue weighted by Crippen LogP contribution is 2.28. The fraction of sp³-hybridized carbons (Fsp3) is 0.357. The SMILES string of the molecule is NC(=O)C1CCN(c2nc(N)nc3ccccc23)CC1. The van der Waals surface area contributed by atoms with E-state index in [4.69, 9.17) is 11.5 Å². The molecule has 104 valence electrons. The van der Waals surface area contributed by atoms with Crippen LogP contribution in [0.25, 0.3) is 10.9 Å². The molecule has 2 aromatic rings. The van der Waals surface area contributed by atoms with E-state index in [9.17, 15) is 4.79 Å². The number of fused-ring (bicyclic) bond motifs is 1. The normalized spacial score (nSPS) is 16.5. The van der Waals surface area contributed by atoms with Gasteiger partial charge in [-0.1, -0.05) is 12.1 Å². The molecular formula is C14H17N5O. The fourth-order valence-electron chi connectivity index (χ4n) is 2.69. The second-order valence-electron chi connectivity index (χ2n) is 5.09. The lowest BCUT2D eigenvalue weighted by Crippen LogP contribution is -2.39. The van der Waals surface area contributed by atoms with Gasteiger partial charge in [0.2, 0.25) is 11.9 Å². The molecule has 1 aromatic heterocycles. The number of benzene rings is 1. The average molecular weight is 271 g/mol. The van der Waals surface area contributed by atoms with Crippen LogP contribution in [0.4, 0.5) is 11.8 Å². The topological polar surface area (TPSA) is 98.1 Å². The van der Waals surface area contributed by atoms with Crippen molar-refractivity contribution in [2.24, 2.45) is 11.7 Å². The van der Waals surface area contributed by atoms with Gasteiger partial charge in [0.25, 0.3) is 0 Å². The first-order valence-corrected chi connectivity index (χ1v) is 6.71. The van der Waals surface area contributed by atoms with E-state index in [0.29, 0.717) is 0 Å². The monoisotopic (exact) mass is 271 g/mol. The van der Waals surface area contributed by atoms with Crippen LogP contribution in [0.5, 0.6) is 0 Å². The molecule has 6 nitrogen and oxygen atoms in total. The minimum Gasteiger partial charge on any atom is -0.369 e. The van der Waals surface area contributed by atoms with Gasteiger partial charge in [0.1, 0.15) is 5.82 Å². The van der Waals surface area contributed by atoms with Crippen molar-refractivity contribution < 1.29 is 4.79 Å². The zero-order chi connectivity index (χ0) is 14.1. The Hall–Kier alpha value is -2.37. The molecule has 0 unspecified atom stereocenters. The highest BCUT2D eigenvalue weighted by Gasteiger charge is 2.25. The number of rotatable bonds is 2. The molecule has 0 atom stereocenters. The van der Waals surface area contributed by atoms with Gasteiger partial charge in [-0.2, -0.15) is 4.98 Å². The Labute approximate surface area is 116 Å². The largest absolute Gasteiger partial charge is 0.369 e. The van der Waals surface area contributed by atoms with Crippen LogP contribution in [0.15, 0.2) is 24.3 Å². The summed E-state index contributed by atoms with van der Waals surface area (Å²) in [6.07, 6.45) is 1.52. The number of anilines is 2. The summed E-state index contributed by atoms with van der Waals surface area (Å²) in [7, 11) is 0. The lowest BCUT2D eigenvalue weighted by Gasteiger charge is -2.32. The first-order chi connectivity index (χ1) is 9.65. The summed E-state index contributed by atoms with van der Waals surface area (Å²) < 4.78 is 0. The summed E-state index contributed by atoms with van der Waals surface area (Å²) in [6, 6.07) is 7.80. The van der Waals surface area contributed by atoms with Gasteiger partial charge in [-0.15, -0.1) is 0 Å². The first kappa shape index (κ1) is 12.7. The number of carbonyl (C=O) groups excluding carboxylic acids is 1. The van der Waals surface area contributed by atoms with Crippen LogP contribution in [0, 0.1) is 5.92 Å². The van der Waals surface area contributed by atoms with Crippen molar-refractivity contribution in [3.63, 3.8) is 0 Å². The van der Waals surface area contributed by atoms with Crippen LogP contribution < -0.4 is 16.4 Å². The lowest BCUT2D eigenvalue weighted by molar-refractivity contribution is -0.122. The predicted molar refractivity (Wildman–Crippen MR) is 78.1 cm³/mol. The van der Waals surface area contributed by atoms with Crippen LogP contribution >= 0.6 is 0 Å². The zero-order valence-corrected chi connectivity index (χ0v) is 11.1. The Kier molecular flexibility index (Phi) is 3.14. The van der Waals surface area contributed by atoms with E-state index in [1.54, 1.807) is 0 Å². The molecule has 6 heteroatoms. The highest BCUT2D eigenvalue weighted by molar-refractivity contribution is 5.90. The van der Waals surface area contributed by atoms with Crippen LogP contribution in [0.3, 0.4) is 0 Å². The maximum absolute atomic E-state index is 11.2. The van der Waals surface area contributed by atoms with E-state index in [2.05, 4.69) is 14.9 Å². The summed E-state index contributed by atoms with van der Waals surface area (Å²) in [6.45, 7) is 1.52. The van der Waals surface area contributed by atoms with E-state index in [0.717, 1.165) is 42.7 Å². The Morgan fingerprint density at radius 3 is 2.60 bits per heavy atom. The van der Waals surface area contributed by atoms with E-state index < -0.39 is 0 Å². The third-order valence-corrected chi connectivity index (χ3v) is 3.80. The Morgan fingerprint density at radius 1 is 1.20 bits per heavy atom. The van der Waals surface area contributed by atoms with Gasteiger partial charge in [0.05, 0.1) is 5.52 Å². The smallest absolute Gasteiger partial charge is 0.222 e. The van der Waals surface area contributed by atoms with Gasteiger partial charge in [-0.25, -0.2) is 4.98 Å². The number of primary amides is 1. The summed E-state index contributed by atoms with van der Waals surface area (Å²) in [4.78, 5) is 22.0. The van der Waals surface area contributed by atoms with Gasteiger partial charge in [0, 0.05) is 24.4 Å². The van der Waals surface area contributed by atoms with E-state index in [1.807, 2.05) is 24.3 Å². The standard InChI is InChI=1S/C14H17N5O/c15-12(20)9-5-7-19(8-6-9)13-10-3-1-2-4-11(10)17-14(16)18-13/h1-4,9H,5-8H2,(H2,15,20)(H2,16,17,18). The molecule has 1 aliphatic rings. The van der Waals surface area contributed by atoms with Crippen molar-refractivity contribution in [1.29, 1.82) is 0 Å². The predicted octanol–water partition coefficient (Wildman–Crippen LogP) is 0.914. The van der Waals surface area contributed by atoms with Gasteiger partial charge in [0.15, 0.2) is 0 Å². The van der Waals surface area contributed by atoms with Crippen LogP contribution in [0.2, 0.25) is 0 Å². The third kappa shape index (κ3) is 2.24. The van der Waals surface area contributed by atoms with Crippen molar-refractivity contribution in [3.8, 4) is 0 Å². The molecule has 0 aliphatic carbocycles. The lowest BCUT2D eigenvalue weighted by atomic mass is 9.96. The summed E-state index contributed by atoms with van der Waals surface area (Å²) in [5.41, 5.74) is 12.0. The molecule has 1 aromatic carbocycles. The van der Waals surface area contributed by atoms with E-state index in [1.165, 1.54) is 0 Å². The van der Waals surface area contributed by atoms with Gasteiger partial charge < -0.3 is 16.4 Å². The fourth-order valence-corrected chi connectivity index (χ4v) is 2.69. The summed E-state index contributed by atoms with van der Waals surface area (Å²) in [5, 5.41) is 0.985. The molecule has 3 rings (SSSR count). The third-order valence-electron chi connectivity index (χ3n) is 3.80. The quantitative estimate of drug-likeness (QED) is 0.846. The number of piperidine rings is 1. The number of hydrogen-bond acceptors (Lipinski definition) is 5. The molecule has 1 saturated heterocycles. The maximum Gasteiger partial charge on any atom is 0.222 e. The minimum absolute atomic E-state index is 0.0308. The molecular weight excluding hydrogens is 254 g/mol. The second kappa shape index (κ2) is 4.96. The van der Waals surface area contributed by atoms with Crippen molar-refractivity contribution >= 4 is 28.6 Å². The molecule has 0 bridgehead atoms. The van der Waals surface area contributed by atoms with Crippen molar-refractivity contribution in [2.45, 2.75) is 12.8 Å². The van der Waals surface area contributed by atoms with Crippen molar-refractivity contribution in [3.05, 3.63) is 24.3 Å². The number of amides is 1. The average Bonchev–Trinajstić information content (AvgIpc) is 2.46. The molecule has 1 fully saturated rings. The number of carbonyl (C=O) groups is 1. The van der Waals surface area contributed by atoms with Crippen LogP contribution in [-0.4, -0.2) is 29.0 Å². The number of para-hydroxylation sites is 1. The van der Waals surface area contributed by atoms with Crippen LogP contribution in [0.1, 0.15) is 12.8 Å². The van der Waals surface area contributed by atoms with E-state index in [-0.39, 0.29) is 17.8 Å². The summed E-state index contributed by atoms with van der Waals surface area (Å²) >= 11 is 0. The molecule has 0 spiro atoms. The molecule has 20 heavy (non-hydrogen) atoms. The number of nitrogens with two attached hydrogens (primary N) is 2. The van der Waals surface area contributed by atoms with Gasteiger partial charge in [-0.05, 0) is 25.0 Å². The molecule has 1 aliphatic heterocycles. The maximum atomic E-state index is 11.2. The summed E-state index contributed by atoms with van der Waals surface area (Å²) in [5.74, 6) is 0.875. The zero-order valence-electron chi connectivity index (χ0n) is 11.1. The Bertz CT molecular complexity index is 649. The van der Waals surface area contributed by atoms with Gasteiger partial charge >= 0.3 is 0 Å². The first-order valence-electron chi connectivity index (χ1n) is 6.71. The molecule has 4 N–H and O–H groups in total. The number of aromatic nitrogens is 2. The molecule has 1 amide bonds. The number of nitrogen functional groups attached to an aromatic ring is 1. The van der Waals surface area contributed by atoms with E-state index >= 15 is 0 Å². The van der Waals surface area contributed by atoms with Crippen molar-refractivity contribution in [1.82, 2.24) is 9.97 Å². The Balaban J connectivity index is 1.93. The number of nitrogens with zero attached hydrogens (tertiary/aromatic N) is 3. The van der Waals surface area contributed by atoms with Crippen molar-refractivity contribution in [2.75, 3.05) is 23.7 Å². The number of hydrogen-bond donors (Lipinski definition) is 2. The molecule has 0 saturated carbocycles. The van der Waals surface area contributed by atoms with Crippen LogP contribution in [-0.2, 0) is 4.79 Å². The Morgan fingerprint density at radius 2 is 1.90 bits per heavy atom.